The fraction of sp³-hybridized carbons (Fsp3) is 0.591. The van der Waals surface area contributed by atoms with Gasteiger partial charge in [-0.25, -0.2) is 4.99 Å². The van der Waals surface area contributed by atoms with Crippen LogP contribution in [0.15, 0.2) is 23.2 Å². The van der Waals surface area contributed by atoms with Crippen LogP contribution in [0.4, 0.5) is 0 Å². The highest BCUT2D eigenvalue weighted by molar-refractivity contribution is 6.02. The second kappa shape index (κ2) is 7.80. The molecule has 1 aromatic carbocycles. The van der Waals surface area contributed by atoms with Gasteiger partial charge in [0.05, 0.1) is 11.6 Å². The van der Waals surface area contributed by atoms with Crippen LogP contribution in [0, 0.1) is 17.2 Å². The lowest BCUT2D eigenvalue weighted by molar-refractivity contribution is -0.125. The van der Waals surface area contributed by atoms with E-state index in [0.29, 0.717) is 12.8 Å². The minimum atomic E-state index is -0.672. The molecule has 1 saturated carbocycles. The second-order valence-corrected chi connectivity index (χ2v) is 8.60. The monoisotopic (exact) mass is 409 g/mol. The van der Waals surface area contributed by atoms with Crippen molar-refractivity contribution in [3.63, 3.8) is 0 Å². The summed E-state index contributed by atoms with van der Waals surface area (Å²) in [5.41, 5.74) is 0.669. The topological polar surface area (TPSA) is 90.2 Å². The zero-order valence-corrected chi connectivity index (χ0v) is 17.1. The Kier molecular flexibility index (Phi) is 4.99. The Bertz CT molecular complexity index is 895. The SMILES string of the molecule is N#C[C@H]1C(=O)NC(N2CCN(Cc3ccc4c(c3)OCO4)CC2)=NC12CCCCC2. The van der Waals surface area contributed by atoms with Crippen molar-refractivity contribution in [1.29, 1.82) is 5.26 Å². The summed E-state index contributed by atoms with van der Waals surface area (Å²) < 4.78 is 10.9. The highest BCUT2D eigenvalue weighted by atomic mass is 16.7. The molecule has 1 saturated heterocycles. The van der Waals surface area contributed by atoms with E-state index in [9.17, 15) is 10.1 Å². The summed E-state index contributed by atoms with van der Waals surface area (Å²) in [6, 6.07) is 8.33. The fourth-order valence-electron chi connectivity index (χ4n) is 5.04. The number of guanidine groups is 1. The van der Waals surface area contributed by atoms with Crippen LogP contribution in [0.25, 0.3) is 0 Å². The first-order chi connectivity index (χ1) is 14.7. The number of nitrogens with one attached hydrogen (secondary N) is 1. The predicted octanol–water partition coefficient (Wildman–Crippen LogP) is 1.86. The summed E-state index contributed by atoms with van der Waals surface area (Å²) >= 11 is 0. The summed E-state index contributed by atoms with van der Waals surface area (Å²) in [6.07, 6.45) is 4.88. The number of hydrogen-bond donors (Lipinski definition) is 1. The number of amides is 1. The Morgan fingerprint density at radius 2 is 1.90 bits per heavy atom. The molecule has 0 radical (unpaired) electrons. The molecule has 0 aromatic heterocycles. The molecule has 4 aliphatic rings. The smallest absolute Gasteiger partial charge is 0.246 e. The average Bonchev–Trinajstić information content (AvgIpc) is 3.23. The third-order valence-corrected chi connectivity index (χ3v) is 6.73. The summed E-state index contributed by atoms with van der Waals surface area (Å²) in [4.78, 5) is 22.2. The molecule has 30 heavy (non-hydrogen) atoms. The number of nitrogens with zero attached hydrogens (tertiary/aromatic N) is 4. The van der Waals surface area contributed by atoms with Gasteiger partial charge >= 0.3 is 0 Å². The van der Waals surface area contributed by atoms with Gasteiger partial charge in [0.15, 0.2) is 17.4 Å². The number of piperazine rings is 1. The Morgan fingerprint density at radius 3 is 2.67 bits per heavy atom. The van der Waals surface area contributed by atoms with Crippen molar-refractivity contribution in [3.8, 4) is 17.6 Å². The summed E-state index contributed by atoms with van der Waals surface area (Å²) in [5, 5.41) is 12.5. The highest BCUT2D eigenvalue weighted by Gasteiger charge is 2.48. The number of aliphatic imine (C=N–C) groups is 1. The largest absolute Gasteiger partial charge is 0.454 e. The highest BCUT2D eigenvalue weighted by Crippen LogP contribution is 2.40. The van der Waals surface area contributed by atoms with Crippen molar-refractivity contribution in [3.05, 3.63) is 23.8 Å². The first-order valence-corrected chi connectivity index (χ1v) is 10.8. The van der Waals surface area contributed by atoms with Crippen LogP contribution in [0.5, 0.6) is 11.5 Å². The molecule has 8 nitrogen and oxygen atoms in total. The maximum Gasteiger partial charge on any atom is 0.246 e. The van der Waals surface area contributed by atoms with Gasteiger partial charge in [0.25, 0.3) is 0 Å². The van der Waals surface area contributed by atoms with Crippen LogP contribution in [0.3, 0.4) is 0 Å². The van der Waals surface area contributed by atoms with Gasteiger partial charge in [0, 0.05) is 32.7 Å². The third-order valence-electron chi connectivity index (χ3n) is 6.73. The Balaban J connectivity index is 1.25. The normalized spacial score (nSPS) is 25.6. The van der Waals surface area contributed by atoms with Crippen molar-refractivity contribution in [2.45, 2.75) is 44.2 Å². The summed E-state index contributed by atoms with van der Waals surface area (Å²) in [7, 11) is 0. The Morgan fingerprint density at radius 1 is 1.13 bits per heavy atom. The van der Waals surface area contributed by atoms with Crippen LogP contribution in [0.1, 0.15) is 37.7 Å². The van der Waals surface area contributed by atoms with E-state index in [-0.39, 0.29) is 5.91 Å². The van der Waals surface area contributed by atoms with Gasteiger partial charge in [0.1, 0.15) is 0 Å². The van der Waals surface area contributed by atoms with Gasteiger partial charge in [-0.1, -0.05) is 25.3 Å². The van der Waals surface area contributed by atoms with Crippen LogP contribution in [0.2, 0.25) is 0 Å². The molecule has 8 heteroatoms. The molecule has 3 aliphatic heterocycles. The van der Waals surface area contributed by atoms with Crippen molar-refractivity contribution in [2.75, 3.05) is 33.0 Å². The number of ether oxygens (including phenoxy) is 2. The van der Waals surface area contributed by atoms with Crippen LogP contribution in [-0.2, 0) is 11.3 Å². The molecular weight excluding hydrogens is 382 g/mol. The van der Waals surface area contributed by atoms with Crippen LogP contribution >= 0.6 is 0 Å². The van der Waals surface area contributed by atoms with E-state index in [1.54, 1.807) is 0 Å². The lowest BCUT2D eigenvalue weighted by Crippen LogP contribution is -2.60. The second-order valence-electron chi connectivity index (χ2n) is 8.60. The lowest BCUT2D eigenvalue weighted by Gasteiger charge is -2.43. The number of nitriles is 1. The zero-order valence-electron chi connectivity index (χ0n) is 17.1. The molecular formula is C22H27N5O3. The van der Waals surface area contributed by atoms with E-state index in [1.165, 1.54) is 5.56 Å². The van der Waals surface area contributed by atoms with E-state index < -0.39 is 11.5 Å². The minimum absolute atomic E-state index is 0.188. The molecule has 1 aliphatic carbocycles. The van der Waals surface area contributed by atoms with E-state index in [4.69, 9.17) is 14.5 Å². The molecule has 0 unspecified atom stereocenters. The molecule has 3 heterocycles. The number of hydrogen-bond acceptors (Lipinski definition) is 7. The van der Waals surface area contributed by atoms with Gasteiger partial charge in [0.2, 0.25) is 18.7 Å². The zero-order chi connectivity index (χ0) is 20.6. The quantitative estimate of drug-likeness (QED) is 0.802. The van der Waals surface area contributed by atoms with E-state index in [0.717, 1.165) is 76.3 Å². The van der Waals surface area contributed by atoms with Gasteiger partial charge in [-0.05, 0) is 30.5 Å². The predicted molar refractivity (Wildman–Crippen MR) is 110 cm³/mol. The van der Waals surface area contributed by atoms with Crippen molar-refractivity contribution < 1.29 is 14.3 Å². The maximum absolute atomic E-state index is 12.7. The van der Waals surface area contributed by atoms with Crippen molar-refractivity contribution in [2.24, 2.45) is 10.9 Å². The molecule has 2 fully saturated rings. The minimum Gasteiger partial charge on any atom is -0.454 e. The third kappa shape index (κ3) is 3.47. The van der Waals surface area contributed by atoms with E-state index in [1.807, 2.05) is 6.07 Å². The standard InChI is InChI=1S/C22H27N5O3/c23-13-17-20(28)24-21(25-22(17)6-2-1-3-7-22)27-10-8-26(9-11-27)14-16-4-5-18-19(12-16)30-15-29-18/h4-5,12,17H,1-3,6-11,14-15H2,(H,24,25,28)/t17-/m0/s1. The number of fused-ring (bicyclic) bond motifs is 1. The van der Waals surface area contributed by atoms with Crippen LogP contribution in [-0.4, -0.2) is 60.2 Å². The Hall–Kier alpha value is -2.79. The van der Waals surface area contributed by atoms with Crippen molar-refractivity contribution >= 4 is 11.9 Å². The molecule has 1 N–H and O–H groups in total. The van der Waals surface area contributed by atoms with E-state index >= 15 is 0 Å². The summed E-state index contributed by atoms with van der Waals surface area (Å²) in [5.74, 6) is 1.43. The lowest BCUT2D eigenvalue weighted by atomic mass is 9.72. The molecule has 1 aromatic rings. The summed E-state index contributed by atoms with van der Waals surface area (Å²) in [6.45, 7) is 4.52. The van der Waals surface area contributed by atoms with Gasteiger partial charge < -0.3 is 14.4 Å². The average molecular weight is 409 g/mol. The molecule has 158 valence electrons. The first kappa shape index (κ1) is 19.2. The first-order valence-electron chi connectivity index (χ1n) is 10.8. The molecule has 5 rings (SSSR count). The Labute approximate surface area is 176 Å². The van der Waals surface area contributed by atoms with Gasteiger partial charge in [-0.15, -0.1) is 0 Å². The van der Waals surface area contributed by atoms with Crippen LogP contribution < -0.4 is 14.8 Å². The fourth-order valence-corrected chi connectivity index (χ4v) is 5.04. The molecule has 1 spiro atoms. The number of benzene rings is 1. The maximum atomic E-state index is 12.7. The van der Waals surface area contributed by atoms with Gasteiger partial charge in [-0.2, -0.15) is 5.26 Å². The molecule has 0 bridgehead atoms. The van der Waals surface area contributed by atoms with Gasteiger partial charge in [-0.3, -0.25) is 15.0 Å². The van der Waals surface area contributed by atoms with Crippen molar-refractivity contribution in [1.82, 2.24) is 15.1 Å². The number of rotatable bonds is 2. The van der Waals surface area contributed by atoms with E-state index in [2.05, 4.69) is 33.3 Å². The number of carbonyl (C=O) groups excluding carboxylic acids is 1. The number of carbonyl (C=O) groups is 1. The molecule has 1 atom stereocenters. The molecule has 1 amide bonds.